The Morgan fingerprint density at radius 1 is 0.975 bits per heavy atom. The molecule has 0 bridgehead atoms. The zero-order valence-electron chi connectivity index (χ0n) is 25.5. The Hall–Kier alpha value is -2.49. The van der Waals surface area contributed by atoms with Gasteiger partial charge in [-0.25, -0.2) is 8.42 Å². The van der Waals surface area contributed by atoms with E-state index in [1.807, 2.05) is 52.0 Å². The minimum absolute atomic E-state index is 0.142. The molecule has 0 fully saturated rings. The molecule has 0 N–H and O–H groups in total. The van der Waals surface area contributed by atoms with E-state index in [1.54, 1.807) is 24.3 Å². The number of rotatable bonds is 13. The summed E-state index contributed by atoms with van der Waals surface area (Å²) in [6, 6.07) is 14.4. The molecular weight excluding hydrogens is 544 g/mol. The minimum Gasteiger partial charge on any atom is -0.489 e. The first kappa shape index (κ1) is 32.0. The molecule has 0 radical (unpaired) electrons. The summed E-state index contributed by atoms with van der Waals surface area (Å²) in [5.41, 5.74) is 3.50. The van der Waals surface area contributed by atoms with Crippen LogP contribution in [0.4, 0.5) is 5.69 Å². The molecule has 9 heteroatoms. The van der Waals surface area contributed by atoms with Crippen molar-refractivity contribution in [3.63, 3.8) is 0 Å². The van der Waals surface area contributed by atoms with Crippen LogP contribution in [0.3, 0.4) is 0 Å². The number of hydrogen-bond acceptors (Lipinski definition) is 6. The second-order valence-corrected chi connectivity index (χ2v) is 17.7. The molecule has 0 aliphatic rings. The van der Waals surface area contributed by atoms with Gasteiger partial charge in [-0.15, -0.1) is 10.3 Å². The monoisotopic (exact) mass is 590 g/mol. The van der Waals surface area contributed by atoms with E-state index in [1.165, 1.54) is 4.31 Å². The smallest absolute Gasteiger partial charge is 0.264 e. The van der Waals surface area contributed by atoms with Gasteiger partial charge in [-0.1, -0.05) is 51.9 Å². The number of sulfonamides is 1. The molecule has 7 nitrogen and oxygen atoms in total. The zero-order valence-corrected chi connectivity index (χ0v) is 27.1. The third-order valence-electron chi connectivity index (χ3n) is 7.19. The van der Waals surface area contributed by atoms with E-state index in [2.05, 4.69) is 38.4 Å². The topological polar surface area (TPSA) is 81.9 Å². The lowest BCUT2D eigenvalue weighted by molar-refractivity contribution is 0.301. The highest BCUT2D eigenvalue weighted by Crippen LogP contribution is 2.53. The second-order valence-electron chi connectivity index (χ2n) is 11.9. The fourth-order valence-electron chi connectivity index (χ4n) is 3.92. The Bertz CT molecular complexity index is 1320. The molecule has 0 saturated heterocycles. The van der Waals surface area contributed by atoms with Gasteiger partial charge < -0.3 is 13.4 Å². The molecule has 0 atom stereocenters. The first-order valence-electron chi connectivity index (χ1n) is 13.8. The highest BCUT2D eigenvalue weighted by Gasteiger charge is 2.29. The molecule has 0 saturated carbocycles. The predicted octanol–water partition coefficient (Wildman–Crippen LogP) is 7.45. The van der Waals surface area contributed by atoms with Crippen LogP contribution >= 0.6 is 10.3 Å². The Kier molecular flexibility index (Phi) is 10.4. The first-order valence-corrected chi connectivity index (χ1v) is 17.6. The average molecular weight is 591 g/mol. The van der Waals surface area contributed by atoms with Gasteiger partial charge in [0.25, 0.3) is 10.0 Å². The second kappa shape index (κ2) is 13.0. The molecule has 1 heterocycles. The van der Waals surface area contributed by atoms with E-state index in [0.717, 1.165) is 29.7 Å². The number of ether oxygens (including phenoxy) is 1. The molecule has 222 valence electrons. The summed E-state index contributed by atoms with van der Waals surface area (Å²) in [5.74, 6) is 1.44. The van der Waals surface area contributed by atoms with E-state index in [4.69, 9.17) is 13.4 Å². The quantitative estimate of drug-likeness (QED) is 0.192. The van der Waals surface area contributed by atoms with Gasteiger partial charge in [0.15, 0.2) is 0 Å². The minimum atomic E-state index is -3.77. The lowest BCUT2D eigenvalue weighted by Crippen LogP contribution is -2.34. The van der Waals surface area contributed by atoms with Gasteiger partial charge in [0, 0.05) is 11.3 Å². The summed E-state index contributed by atoms with van der Waals surface area (Å²) < 4.78 is 46.4. The van der Waals surface area contributed by atoms with Crippen LogP contribution in [0, 0.1) is 19.8 Å². The van der Waals surface area contributed by atoms with Crippen LogP contribution < -0.4 is 9.04 Å². The normalized spacial score (nSPS) is 13.1. The summed E-state index contributed by atoms with van der Waals surface area (Å²) in [6.07, 6.45) is 6.23. The van der Waals surface area contributed by atoms with Crippen LogP contribution in [0.25, 0.3) is 0 Å². The van der Waals surface area contributed by atoms with Gasteiger partial charge in [0.1, 0.15) is 18.1 Å². The van der Waals surface area contributed by atoms with Crippen molar-refractivity contribution >= 4 is 26.0 Å². The Morgan fingerprint density at radius 2 is 1.60 bits per heavy atom. The maximum absolute atomic E-state index is 13.7. The fraction of sp³-hybridized carbons (Fsp3) is 0.516. The molecule has 1 aromatic heterocycles. The molecule has 0 amide bonds. The maximum atomic E-state index is 13.7. The maximum Gasteiger partial charge on any atom is 0.264 e. The Labute approximate surface area is 242 Å². The standard InChI is InChI=1S/C31H46N2O5S2/c1-23(2)21-33(27-14-12-26(13-15-27)11-10-20-37-39(8,9)31(5,6)7)40(34,35)29-18-16-28(17-19-29)36-22-30-24(3)32-38-25(30)4/h12-19,23H,10-11,20-22H2,1-9H3. The number of aryl methyl sites for hydroxylation is 3. The van der Waals surface area contributed by atoms with E-state index in [0.29, 0.717) is 37.0 Å². The molecule has 2 aromatic carbocycles. The van der Waals surface area contributed by atoms with Gasteiger partial charge in [-0.2, -0.15) is 0 Å². The van der Waals surface area contributed by atoms with Crippen molar-refractivity contribution in [3.8, 4) is 5.75 Å². The zero-order chi connectivity index (χ0) is 29.7. The van der Waals surface area contributed by atoms with Crippen LogP contribution in [-0.4, -0.2) is 44.0 Å². The summed E-state index contributed by atoms with van der Waals surface area (Å²) in [5, 5.41) is 3.94. The number of aromatic nitrogens is 1. The molecule has 3 rings (SSSR count). The number of nitrogens with zero attached hydrogens (tertiary/aromatic N) is 2. The van der Waals surface area contributed by atoms with Crippen LogP contribution in [-0.2, 0) is 27.2 Å². The Morgan fingerprint density at radius 3 is 2.12 bits per heavy atom. The van der Waals surface area contributed by atoms with Gasteiger partial charge >= 0.3 is 0 Å². The molecule has 0 aliphatic carbocycles. The van der Waals surface area contributed by atoms with Gasteiger partial charge in [-0.05, 0) is 87.1 Å². The first-order chi connectivity index (χ1) is 18.6. The van der Waals surface area contributed by atoms with Crippen molar-refractivity contribution < 1.29 is 21.9 Å². The van der Waals surface area contributed by atoms with Crippen LogP contribution in [0.1, 0.15) is 63.6 Å². The summed E-state index contributed by atoms with van der Waals surface area (Å²) in [6.45, 7) is 15.8. The molecule has 40 heavy (non-hydrogen) atoms. The largest absolute Gasteiger partial charge is 0.489 e. The third kappa shape index (κ3) is 8.04. The van der Waals surface area contributed by atoms with E-state index < -0.39 is 20.3 Å². The molecule has 0 unspecified atom stereocenters. The lowest BCUT2D eigenvalue weighted by Gasteiger charge is -2.43. The number of anilines is 1. The molecule has 0 spiro atoms. The van der Waals surface area contributed by atoms with Crippen molar-refractivity contribution in [1.82, 2.24) is 5.16 Å². The summed E-state index contributed by atoms with van der Waals surface area (Å²) in [4.78, 5) is 0.225. The molecule has 3 aromatic rings. The molecule has 0 aliphatic heterocycles. The van der Waals surface area contributed by atoms with Crippen LogP contribution in [0.5, 0.6) is 5.75 Å². The number of benzene rings is 2. The fourth-order valence-corrected chi connectivity index (χ4v) is 6.44. The number of hydrogen-bond donors (Lipinski definition) is 0. The van der Waals surface area contributed by atoms with Gasteiger partial charge in [-0.3, -0.25) is 4.31 Å². The van der Waals surface area contributed by atoms with E-state index >= 15 is 0 Å². The van der Waals surface area contributed by atoms with Crippen molar-refractivity contribution in [2.75, 3.05) is 30.0 Å². The lowest BCUT2D eigenvalue weighted by atomic mass is 10.1. The third-order valence-corrected chi connectivity index (χ3v) is 12.7. The Balaban J connectivity index is 1.68. The average Bonchev–Trinajstić information content (AvgIpc) is 3.20. The van der Waals surface area contributed by atoms with Crippen LogP contribution in [0.2, 0.25) is 0 Å². The summed E-state index contributed by atoms with van der Waals surface area (Å²) in [7, 11) is -4.90. The van der Waals surface area contributed by atoms with E-state index in [-0.39, 0.29) is 15.6 Å². The van der Waals surface area contributed by atoms with Gasteiger partial charge in [0.05, 0.1) is 28.4 Å². The van der Waals surface area contributed by atoms with Crippen molar-refractivity contribution in [2.45, 2.75) is 77.6 Å². The van der Waals surface area contributed by atoms with Gasteiger partial charge in [0.2, 0.25) is 0 Å². The van der Waals surface area contributed by atoms with Crippen molar-refractivity contribution in [1.29, 1.82) is 0 Å². The van der Waals surface area contributed by atoms with Crippen LogP contribution in [0.15, 0.2) is 57.9 Å². The predicted molar refractivity (Wildman–Crippen MR) is 166 cm³/mol. The summed E-state index contributed by atoms with van der Waals surface area (Å²) >= 11 is 0. The highest BCUT2D eigenvalue weighted by molar-refractivity contribution is 8.29. The van der Waals surface area contributed by atoms with Crippen molar-refractivity contribution in [2.24, 2.45) is 5.92 Å². The molecular formula is C31H46N2O5S2. The van der Waals surface area contributed by atoms with Crippen molar-refractivity contribution in [3.05, 3.63) is 71.1 Å². The SMILES string of the molecule is Cc1noc(C)c1COc1ccc(S(=O)(=O)N(CC(C)C)c2ccc(CCCOS(C)(C)C(C)(C)C)cc2)cc1. The van der Waals surface area contributed by atoms with E-state index in [9.17, 15) is 8.42 Å². The highest BCUT2D eigenvalue weighted by atomic mass is 32.3.